The van der Waals surface area contributed by atoms with E-state index in [1.54, 1.807) is 24.3 Å². The molecule has 0 aliphatic rings. The highest BCUT2D eigenvalue weighted by Crippen LogP contribution is 2.27. The van der Waals surface area contributed by atoms with Crippen molar-refractivity contribution in [3.63, 3.8) is 0 Å². The summed E-state index contributed by atoms with van der Waals surface area (Å²) in [6.45, 7) is 1.79. The molecule has 0 saturated heterocycles. The monoisotopic (exact) mass is 474 g/mol. The van der Waals surface area contributed by atoms with Gasteiger partial charge in [0, 0.05) is 23.3 Å². The van der Waals surface area contributed by atoms with Gasteiger partial charge in [0.15, 0.2) is 5.69 Å². The molecule has 0 atom stereocenters. The van der Waals surface area contributed by atoms with Crippen LogP contribution in [-0.4, -0.2) is 29.1 Å². The van der Waals surface area contributed by atoms with Crippen molar-refractivity contribution >= 4 is 26.8 Å². The van der Waals surface area contributed by atoms with Crippen LogP contribution < -0.4 is 4.72 Å². The molecule has 0 aliphatic heterocycles. The van der Waals surface area contributed by atoms with Crippen LogP contribution >= 0.6 is 0 Å². The molecular weight excluding hydrogens is 457 g/mol. The van der Waals surface area contributed by atoms with Gasteiger partial charge in [0.1, 0.15) is 4.90 Å². The van der Waals surface area contributed by atoms with Gasteiger partial charge < -0.3 is 0 Å². The lowest BCUT2D eigenvalue weighted by molar-refractivity contribution is -0.141. The number of alkyl halides is 3. The third kappa shape index (κ3) is 4.72. The lowest BCUT2D eigenvalue weighted by Gasteiger charge is -2.11. The number of nitrogens with zero attached hydrogens (tertiary/aromatic N) is 3. The number of fused-ring (bicyclic) bond motifs is 1. The molecule has 11 heteroatoms. The van der Waals surface area contributed by atoms with E-state index in [1.165, 1.54) is 36.7 Å². The number of carbonyl (C=O) groups excluding carboxylic acids is 1. The number of sulfonamides is 1. The summed E-state index contributed by atoms with van der Waals surface area (Å²) in [6, 6.07) is 13.2. The number of benzene rings is 2. The fraction of sp³-hybridized carbons (Fsp3) is 0.136. The SMILES string of the molecule is Cc1ccc(S(=O)(=O)NC(=O)c2cccc(Cn3ccc(C(F)(F)F)n3)c2)c2ncccc12. The van der Waals surface area contributed by atoms with E-state index in [2.05, 4.69) is 10.1 Å². The van der Waals surface area contributed by atoms with Crippen LogP contribution in [0, 0.1) is 6.92 Å². The van der Waals surface area contributed by atoms with Crippen LogP contribution in [0.15, 0.2) is 71.9 Å². The molecular formula is C22H17F3N4O3S. The maximum Gasteiger partial charge on any atom is 0.435 e. The Morgan fingerprint density at radius 2 is 1.88 bits per heavy atom. The Bertz CT molecular complexity index is 1460. The Balaban J connectivity index is 1.57. The van der Waals surface area contributed by atoms with E-state index in [0.29, 0.717) is 10.9 Å². The lowest BCUT2D eigenvalue weighted by atomic mass is 10.1. The molecule has 170 valence electrons. The summed E-state index contributed by atoms with van der Waals surface area (Å²) in [7, 11) is -4.24. The first kappa shape index (κ1) is 22.5. The molecule has 0 radical (unpaired) electrons. The average Bonchev–Trinajstić information content (AvgIpc) is 3.23. The van der Waals surface area contributed by atoms with E-state index < -0.39 is 27.8 Å². The van der Waals surface area contributed by atoms with Crippen molar-refractivity contribution in [2.24, 2.45) is 0 Å². The number of hydrogen-bond donors (Lipinski definition) is 1. The fourth-order valence-corrected chi connectivity index (χ4v) is 4.48. The van der Waals surface area contributed by atoms with Gasteiger partial charge in [0.25, 0.3) is 15.9 Å². The molecule has 0 saturated carbocycles. The van der Waals surface area contributed by atoms with Crippen LogP contribution in [0.3, 0.4) is 0 Å². The third-order valence-electron chi connectivity index (χ3n) is 4.93. The van der Waals surface area contributed by atoms with Crippen molar-refractivity contribution in [1.82, 2.24) is 19.5 Å². The number of carbonyl (C=O) groups is 1. The van der Waals surface area contributed by atoms with Crippen molar-refractivity contribution in [2.45, 2.75) is 24.5 Å². The number of amides is 1. The molecule has 2 aromatic heterocycles. The summed E-state index contributed by atoms with van der Waals surface area (Å²) in [4.78, 5) is 16.7. The van der Waals surface area contributed by atoms with Crippen LogP contribution in [0.25, 0.3) is 10.9 Å². The summed E-state index contributed by atoms with van der Waals surface area (Å²) in [5.74, 6) is -0.877. The van der Waals surface area contributed by atoms with E-state index >= 15 is 0 Å². The number of hydrogen-bond acceptors (Lipinski definition) is 5. The topological polar surface area (TPSA) is 94.0 Å². The van der Waals surface area contributed by atoms with Gasteiger partial charge in [-0.3, -0.25) is 14.5 Å². The molecule has 1 N–H and O–H groups in total. The fourth-order valence-electron chi connectivity index (χ4n) is 3.34. The Kier molecular flexibility index (Phi) is 5.66. The van der Waals surface area contributed by atoms with E-state index in [-0.39, 0.29) is 22.5 Å². The summed E-state index contributed by atoms with van der Waals surface area (Å²) in [5, 5.41) is 4.12. The minimum atomic E-state index is -4.56. The van der Waals surface area contributed by atoms with Gasteiger partial charge >= 0.3 is 6.18 Å². The summed E-state index contributed by atoms with van der Waals surface area (Å²) in [5.41, 5.74) is 0.554. The highest BCUT2D eigenvalue weighted by Gasteiger charge is 2.33. The van der Waals surface area contributed by atoms with E-state index in [1.807, 2.05) is 11.6 Å². The standard InChI is InChI=1S/C22H17F3N4O3S/c1-14-7-8-18(20-17(14)6-3-10-26-20)33(31,32)28-21(30)16-5-2-4-15(12-16)13-29-11-9-19(27-29)22(23,24)25/h2-12H,13H2,1H3,(H,28,30). The van der Waals surface area contributed by atoms with Crippen molar-refractivity contribution in [3.05, 3.63) is 89.4 Å². The van der Waals surface area contributed by atoms with Crippen molar-refractivity contribution < 1.29 is 26.4 Å². The van der Waals surface area contributed by atoms with Gasteiger partial charge in [-0.2, -0.15) is 18.3 Å². The minimum absolute atomic E-state index is 0.0312. The zero-order chi connectivity index (χ0) is 23.8. The first-order chi connectivity index (χ1) is 15.5. The molecule has 0 spiro atoms. The summed E-state index contributed by atoms with van der Waals surface area (Å²) < 4.78 is 67.2. The van der Waals surface area contributed by atoms with Gasteiger partial charge in [-0.25, -0.2) is 13.1 Å². The largest absolute Gasteiger partial charge is 0.435 e. The molecule has 4 aromatic rings. The molecule has 33 heavy (non-hydrogen) atoms. The molecule has 0 fully saturated rings. The molecule has 0 unspecified atom stereocenters. The van der Waals surface area contributed by atoms with Crippen LogP contribution in [0.1, 0.15) is 27.2 Å². The maximum absolute atomic E-state index is 12.9. The van der Waals surface area contributed by atoms with Crippen LogP contribution in [-0.2, 0) is 22.7 Å². The molecule has 2 heterocycles. The summed E-state index contributed by atoms with van der Waals surface area (Å²) >= 11 is 0. The predicted octanol–water partition coefficient (Wildman–Crippen LogP) is 3.93. The van der Waals surface area contributed by atoms with Crippen molar-refractivity contribution in [2.75, 3.05) is 0 Å². The van der Waals surface area contributed by atoms with Crippen LogP contribution in [0.5, 0.6) is 0 Å². The van der Waals surface area contributed by atoms with E-state index in [0.717, 1.165) is 16.3 Å². The zero-order valence-electron chi connectivity index (χ0n) is 17.2. The van der Waals surface area contributed by atoms with E-state index in [4.69, 9.17) is 0 Å². The Labute approximate surface area is 186 Å². The number of halogens is 3. The van der Waals surface area contributed by atoms with Crippen molar-refractivity contribution in [1.29, 1.82) is 0 Å². The lowest BCUT2D eigenvalue weighted by Crippen LogP contribution is -2.31. The molecule has 1 amide bonds. The Hall–Kier alpha value is -3.73. The predicted molar refractivity (Wildman–Crippen MR) is 114 cm³/mol. The second kappa shape index (κ2) is 8.32. The molecule has 2 aromatic carbocycles. The van der Waals surface area contributed by atoms with Gasteiger partial charge in [-0.15, -0.1) is 0 Å². The normalized spacial score (nSPS) is 12.1. The van der Waals surface area contributed by atoms with Crippen LogP contribution in [0.4, 0.5) is 13.2 Å². The Morgan fingerprint density at radius 1 is 1.09 bits per heavy atom. The molecule has 7 nitrogen and oxygen atoms in total. The van der Waals surface area contributed by atoms with Gasteiger partial charge in [0.2, 0.25) is 0 Å². The number of aryl methyl sites for hydroxylation is 1. The smallest absolute Gasteiger partial charge is 0.268 e. The number of rotatable bonds is 5. The van der Waals surface area contributed by atoms with Gasteiger partial charge in [-0.1, -0.05) is 24.3 Å². The summed E-state index contributed by atoms with van der Waals surface area (Å²) in [6.07, 6.45) is -1.92. The van der Waals surface area contributed by atoms with Crippen molar-refractivity contribution in [3.8, 4) is 0 Å². The Morgan fingerprint density at radius 3 is 2.61 bits per heavy atom. The quantitative estimate of drug-likeness (QED) is 0.473. The first-order valence-electron chi connectivity index (χ1n) is 9.66. The molecule has 4 rings (SSSR count). The second-order valence-corrected chi connectivity index (χ2v) is 8.96. The highest BCUT2D eigenvalue weighted by molar-refractivity contribution is 7.90. The zero-order valence-corrected chi connectivity index (χ0v) is 18.0. The second-order valence-electron chi connectivity index (χ2n) is 7.31. The number of aromatic nitrogens is 3. The molecule has 0 aliphatic carbocycles. The minimum Gasteiger partial charge on any atom is -0.268 e. The maximum atomic E-state index is 12.9. The highest BCUT2D eigenvalue weighted by atomic mass is 32.2. The van der Waals surface area contributed by atoms with Gasteiger partial charge in [0.05, 0.1) is 12.1 Å². The van der Waals surface area contributed by atoms with Crippen LogP contribution in [0.2, 0.25) is 0 Å². The first-order valence-corrected chi connectivity index (χ1v) is 11.1. The van der Waals surface area contributed by atoms with E-state index in [9.17, 15) is 26.4 Å². The average molecular weight is 474 g/mol. The number of pyridine rings is 1. The van der Waals surface area contributed by atoms with Gasteiger partial charge in [-0.05, 0) is 48.4 Å². The third-order valence-corrected chi connectivity index (χ3v) is 6.29. The number of nitrogens with one attached hydrogen (secondary N) is 1. The molecule has 0 bridgehead atoms.